The lowest BCUT2D eigenvalue weighted by Gasteiger charge is -2.25. The summed E-state index contributed by atoms with van der Waals surface area (Å²) in [5.41, 5.74) is 0. The molecule has 0 aliphatic heterocycles. The van der Waals surface area contributed by atoms with Crippen molar-refractivity contribution in [1.82, 2.24) is 0 Å². The van der Waals surface area contributed by atoms with Crippen LogP contribution in [0.15, 0.2) is 97.2 Å². The van der Waals surface area contributed by atoms with Gasteiger partial charge in [0.15, 0.2) is 6.10 Å². The molecule has 9 nitrogen and oxygen atoms in total. The van der Waals surface area contributed by atoms with Crippen molar-refractivity contribution >= 4 is 17.9 Å². The summed E-state index contributed by atoms with van der Waals surface area (Å²) in [6.45, 7) is 4.76. The number of carboxylic acid groups (broad SMARTS) is 1. The minimum Gasteiger partial charge on any atom is -0.477 e. The maximum atomic E-state index is 12.9. The van der Waals surface area contributed by atoms with E-state index in [0.717, 1.165) is 103 Å². The minimum absolute atomic E-state index is 0.185. The summed E-state index contributed by atoms with van der Waals surface area (Å²) in [6.07, 6.45) is 80.9. The van der Waals surface area contributed by atoms with Gasteiger partial charge in [-0.1, -0.05) is 265 Å². The number of hydrogen-bond acceptors (Lipinski definition) is 7. The Morgan fingerprint density at radius 1 is 0.388 bits per heavy atom. The summed E-state index contributed by atoms with van der Waals surface area (Å²) in [5.74, 6) is -2.01. The second kappa shape index (κ2) is 61.3. The summed E-state index contributed by atoms with van der Waals surface area (Å²) >= 11 is 0. The Kier molecular flexibility index (Phi) is 58.4. The van der Waals surface area contributed by atoms with E-state index in [1.165, 1.54) is 148 Å². The first-order valence-electron chi connectivity index (χ1n) is 32.9. The quantitative estimate of drug-likeness (QED) is 0.0211. The fourth-order valence-electron chi connectivity index (χ4n) is 9.05. The Labute approximate surface area is 492 Å². The van der Waals surface area contributed by atoms with Crippen LogP contribution in [0, 0.1) is 0 Å². The average Bonchev–Trinajstić information content (AvgIpc) is 3.43. The number of ether oxygens (including phenoxy) is 4. The third-order valence-electron chi connectivity index (χ3n) is 14.1. The second-order valence-electron chi connectivity index (χ2n) is 23.0. The third kappa shape index (κ3) is 61.8. The fourth-order valence-corrected chi connectivity index (χ4v) is 9.05. The molecular weight excluding hydrogens is 995 g/mol. The largest absolute Gasteiger partial charge is 0.477 e. The molecule has 0 bridgehead atoms. The Bertz CT molecular complexity index is 1630. The highest BCUT2D eigenvalue weighted by Gasteiger charge is 2.25. The van der Waals surface area contributed by atoms with Crippen LogP contribution in [0.25, 0.3) is 0 Å². The zero-order valence-corrected chi connectivity index (χ0v) is 52.5. The van der Waals surface area contributed by atoms with Crippen LogP contribution in [0.4, 0.5) is 0 Å². The topological polar surface area (TPSA) is 108 Å². The molecule has 0 heterocycles. The first kappa shape index (κ1) is 76.2. The minimum atomic E-state index is -1.51. The molecule has 0 aromatic carbocycles. The van der Waals surface area contributed by atoms with Gasteiger partial charge in [-0.2, -0.15) is 0 Å². The molecule has 0 aromatic heterocycles. The molecule has 0 spiro atoms. The van der Waals surface area contributed by atoms with Crippen LogP contribution in [-0.2, 0) is 33.3 Å². The van der Waals surface area contributed by atoms with Crippen molar-refractivity contribution in [1.29, 1.82) is 0 Å². The number of carbonyl (C=O) groups is 3. The molecular formula is C71H124NO8+. The zero-order chi connectivity index (χ0) is 58.3. The normalized spacial score (nSPS) is 13.4. The number of carbonyl (C=O) groups excluding carboxylic acids is 2. The number of unbranched alkanes of at least 4 members (excludes halogenated alkanes) is 29. The van der Waals surface area contributed by atoms with E-state index in [0.29, 0.717) is 17.4 Å². The molecule has 0 saturated heterocycles. The molecule has 0 aromatic rings. The van der Waals surface area contributed by atoms with Crippen molar-refractivity contribution in [3.8, 4) is 0 Å². The lowest BCUT2D eigenvalue weighted by Crippen LogP contribution is -2.40. The number of allylic oxidation sites excluding steroid dienone is 16. The van der Waals surface area contributed by atoms with Gasteiger partial charge in [-0.15, -0.1) is 0 Å². The van der Waals surface area contributed by atoms with Crippen molar-refractivity contribution < 1.29 is 42.9 Å². The predicted octanol–water partition coefficient (Wildman–Crippen LogP) is 20.1. The van der Waals surface area contributed by atoms with E-state index in [2.05, 4.69) is 111 Å². The molecule has 0 aliphatic carbocycles. The number of hydrogen-bond donors (Lipinski definition) is 1. The molecule has 1 N–H and O–H groups in total. The summed E-state index contributed by atoms with van der Waals surface area (Å²) in [6, 6.07) is 0. The maximum absolute atomic E-state index is 12.9. The molecule has 0 saturated carbocycles. The van der Waals surface area contributed by atoms with E-state index in [9.17, 15) is 19.5 Å². The highest BCUT2D eigenvalue weighted by Crippen LogP contribution is 2.17. The van der Waals surface area contributed by atoms with Gasteiger partial charge in [0.05, 0.1) is 34.4 Å². The van der Waals surface area contributed by atoms with Crippen LogP contribution >= 0.6 is 0 Å². The summed E-state index contributed by atoms with van der Waals surface area (Å²) < 4.78 is 22.9. The summed E-state index contributed by atoms with van der Waals surface area (Å²) in [4.78, 5) is 37.4. The molecule has 9 heteroatoms. The maximum Gasteiger partial charge on any atom is 0.361 e. The van der Waals surface area contributed by atoms with Crippen molar-refractivity contribution in [3.63, 3.8) is 0 Å². The van der Waals surface area contributed by atoms with E-state index >= 15 is 0 Å². The summed E-state index contributed by atoms with van der Waals surface area (Å²) in [5, 5.41) is 9.71. The van der Waals surface area contributed by atoms with Crippen LogP contribution in [0.1, 0.15) is 277 Å². The van der Waals surface area contributed by atoms with Crippen LogP contribution in [0.2, 0.25) is 0 Å². The van der Waals surface area contributed by atoms with Gasteiger partial charge in [0.25, 0.3) is 6.29 Å². The van der Waals surface area contributed by atoms with E-state index < -0.39 is 24.3 Å². The molecule has 2 atom stereocenters. The highest BCUT2D eigenvalue weighted by atomic mass is 16.7. The standard InChI is InChI=1S/C71H123NO8/c1-6-8-10-12-14-16-18-20-22-23-24-25-26-27-28-29-30-31-32-33-34-35-36-37-38-39-40-41-42-43-44-45-46-47-48-50-52-54-56-58-60-62-69(74)80-67(66-79-71(70(75)76)77-64-63-72(3,4)5)65-78-68(73)61-59-57-55-53-51-49-21-19-17-15-13-11-9-7-2/h8,10,14,16,19-22,24-25,27-28,30-31,33-34,67,71H,6-7,9,11-13,15,17-18,23,26,29,32,35-66H2,1-5H3/p+1/b10-8-,16-14-,21-19-,22-20-,25-24-,28-27-,31-30-,34-33-. The van der Waals surface area contributed by atoms with Crippen molar-refractivity contribution in [2.45, 2.75) is 289 Å². The lowest BCUT2D eigenvalue weighted by molar-refractivity contribution is -0.870. The molecule has 80 heavy (non-hydrogen) atoms. The van der Waals surface area contributed by atoms with Crippen LogP contribution < -0.4 is 0 Å². The number of rotatable bonds is 60. The molecule has 0 amide bonds. The number of likely N-dealkylation sites (N-methyl/N-ethyl adjacent to an activating group) is 1. The monoisotopic (exact) mass is 1120 g/mol. The number of quaternary nitrogens is 1. The Hall–Kier alpha value is -3.79. The molecule has 0 rings (SSSR count). The van der Waals surface area contributed by atoms with Crippen molar-refractivity contribution in [2.75, 3.05) is 47.5 Å². The van der Waals surface area contributed by atoms with E-state index in [4.69, 9.17) is 18.9 Å². The Morgan fingerprint density at radius 3 is 1.07 bits per heavy atom. The first-order chi connectivity index (χ1) is 39.1. The fraction of sp³-hybridized carbons (Fsp3) is 0.732. The zero-order valence-electron chi connectivity index (χ0n) is 52.5. The van der Waals surface area contributed by atoms with Gasteiger partial charge in [0.1, 0.15) is 13.2 Å². The number of carboxylic acids is 1. The third-order valence-corrected chi connectivity index (χ3v) is 14.1. The van der Waals surface area contributed by atoms with Crippen LogP contribution in [-0.4, -0.2) is 87.4 Å². The second-order valence-corrected chi connectivity index (χ2v) is 23.0. The summed E-state index contributed by atoms with van der Waals surface area (Å²) in [7, 11) is 5.97. The van der Waals surface area contributed by atoms with Gasteiger partial charge in [-0.05, 0) is 96.3 Å². The molecule has 460 valence electrons. The Balaban J connectivity index is 3.99. The van der Waals surface area contributed by atoms with Crippen molar-refractivity contribution in [2.24, 2.45) is 0 Å². The number of aliphatic carboxylic acids is 1. The van der Waals surface area contributed by atoms with Gasteiger partial charge in [0, 0.05) is 12.8 Å². The number of esters is 2. The van der Waals surface area contributed by atoms with E-state index in [1.54, 1.807) is 0 Å². The van der Waals surface area contributed by atoms with E-state index in [-0.39, 0.29) is 32.2 Å². The lowest BCUT2D eigenvalue weighted by atomic mass is 10.0. The van der Waals surface area contributed by atoms with Gasteiger partial charge < -0.3 is 28.5 Å². The molecule has 0 aliphatic rings. The predicted molar refractivity (Wildman–Crippen MR) is 341 cm³/mol. The van der Waals surface area contributed by atoms with Gasteiger partial charge in [-0.25, -0.2) is 4.79 Å². The van der Waals surface area contributed by atoms with E-state index in [1.807, 2.05) is 21.1 Å². The molecule has 0 fully saturated rings. The van der Waals surface area contributed by atoms with Gasteiger partial charge in [0.2, 0.25) is 0 Å². The molecule has 0 radical (unpaired) electrons. The van der Waals surface area contributed by atoms with Crippen molar-refractivity contribution in [3.05, 3.63) is 97.2 Å². The first-order valence-corrected chi connectivity index (χ1v) is 32.9. The van der Waals surface area contributed by atoms with Gasteiger partial charge >= 0.3 is 17.9 Å². The average molecular weight is 1120 g/mol. The smallest absolute Gasteiger partial charge is 0.361 e. The Morgan fingerprint density at radius 2 is 0.713 bits per heavy atom. The molecule has 2 unspecified atom stereocenters. The highest BCUT2D eigenvalue weighted by molar-refractivity contribution is 5.71. The van der Waals surface area contributed by atoms with Crippen LogP contribution in [0.3, 0.4) is 0 Å². The number of nitrogens with zero attached hydrogens (tertiary/aromatic N) is 1. The van der Waals surface area contributed by atoms with Crippen LogP contribution in [0.5, 0.6) is 0 Å². The SMILES string of the molecule is CC/C=C\C/C=C\C/C=C\C/C=C\C/C=C\C/C=C\C/C=C\CCCCCCCCCCCCCCCCCCCCCC(=O)OC(COC(=O)CCCCCCC/C=C\CCCCCCC)COC(OCC[N+](C)(C)C)C(=O)O. The van der Waals surface area contributed by atoms with Gasteiger partial charge in [-0.3, -0.25) is 9.59 Å².